The van der Waals surface area contributed by atoms with Gasteiger partial charge in [-0.05, 0) is 57.2 Å². The molecule has 2 N–H and O–H groups in total. The van der Waals surface area contributed by atoms with Crippen LogP contribution in [0.4, 0.5) is 16.2 Å². The van der Waals surface area contributed by atoms with Gasteiger partial charge in [0.2, 0.25) is 5.91 Å². The Labute approximate surface area is 155 Å². The van der Waals surface area contributed by atoms with E-state index in [0.717, 1.165) is 62.3 Å². The van der Waals surface area contributed by atoms with E-state index in [1.54, 1.807) is 0 Å². The molecular formula is C20H30N4O2. The number of hydrogen-bond acceptors (Lipinski definition) is 3. The first-order valence-corrected chi connectivity index (χ1v) is 9.79. The van der Waals surface area contributed by atoms with Gasteiger partial charge in [0.25, 0.3) is 0 Å². The maximum absolute atomic E-state index is 13.1. The van der Waals surface area contributed by atoms with E-state index in [-0.39, 0.29) is 17.9 Å². The molecule has 0 atom stereocenters. The van der Waals surface area contributed by atoms with Gasteiger partial charge in [-0.1, -0.05) is 6.07 Å². The zero-order valence-corrected chi connectivity index (χ0v) is 15.9. The van der Waals surface area contributed by atoms with E-state index in [0.29, 0.717) is 13.1 Å². The Kier molecular flexibility index (Phi) is 5.69. The van der Waals surface area contributed by atoms with Crippen LogP contribution in [0, 0.1) is 5.92 Å². The summed E-state index contributed by atoms with van der Waals surface area (Å²) in [5, 5.41) is 0. The van der Waals surface area contributed by atoms with Crippen LogP contribution in [0.25, 0.3) is 0 Å². The van der Waals surface area contributed by atoms with Crippen molar-refractivity contribution in [3.63, 3.8) is 0 Å². The van der Waals surface area contributed by atoms with Crippen LogP contribution in [0.5, 0.6) is 0 Å². The highest BCUT2D eigenvalue weighted by molar-refractivity contribution is 5.97. The number of carbonyl (C=O) groups is 2. The molecule has 26 heavy (non-hydrogen) atoms. The summed E-state index contributed by atoms with van der Waals surface area (Å²) in [7, 11) is 0. The van der Waals surface area contributed by atoms with Crippen LogP contribution < -0.4 is 10.6 Å². The molecule has 0 spiro atoms. The number of rotatable bonds is 3. The summed E-state index contributed by atoms with van der Waals surface area (Å²) in [6, 6.07) is 5.92. The van der Waals surface area contributed by atoms with E-state index in [2.05, 4.69) is 0 Å². The van der Waals surface area contributed by atoms with Gasteiger partial charge in [-0.15, -0.1) is 0 Å². The van der Waals surface area contributed by atoms with Crippen molar-refractivity contribution in [1.29, 1.82) is 0 Å². The molecule has 3 amide bonds. The van der Waals surface area contributed by atoms with E-state index >= 15 is 0 Å². The molecule has 3 rings (SSSR count). The van der Waals surface area contributed by atoms with Crippen LogP contribution in [-0.4, -0.2) is 54.5 Å². The highest BCUT2D eigenvalue weighted by Gasteiger charge is 2.33. The van der Waals surface area contributed by atoms with Crippen LogP contribution in [0.15, 0.2) is 18.2 Å². The fourth-order valence-corrected chi connectivity index (χ4v) is 4.11. The molecule has 1 aromatic rings. The maximum atomic E-state index is 13.1. The van der Waals surface area contributed by atoms with Gasteiger partial charge >= 0.3 is 6.03 Å². The second-order valence-corrected chi connectivity index (χ2v) is 7.15. The van der Waals surface area contributed by atoms with E-state index in [1.807, 2.05) is 46.7 Å². The highest BCUT2D eigenvalue weighted by Crippen LogP contribution is 2.33. The summed E-state index contributed by atoms with van der Waals surface area (Å²) in [5.41, 5.74) is 8.95. The molecule has 0 aliphatic carbocycles. The smallest absolute Gasteiger partial charge is 0.319 e. The summed E-state index contributed by atoms with van der Waals surface area (Å²) >= 11 is 0. The minimum absolute atomic E-state index is 0.0110. The molecule has 1 fully saturated rings. The topological polar surface area (TPSA) is 69.9 Å². The van der Waals surface area contributed by atoms with Gasteiger partial charge in [0.1, 0.15) is 0 Å². The minimum atomic E-state index is -0.0110. The van der Waals surface area contributed by atoms with Gasteiger partial charge in [-0.2, -0.15) is 0 Å². The molecule has 2 aliphatic rings. The number of fused-ring (bicyclic) bond motifs is 1. The molecule has 1 saturated heterocycles. The number of nitrogen functional groups attached to an aromatic ring is 1. The van der Waals surface area contributed by atoms with Crippen LogP contribution in [0.3, 0.4) is 0 Å². The monoisotopic (exact) mass is 358 g/mol. The lowest BCUT2D eigenvalue weighted by atomic mass is 9.92. The quantitative estimate of drug-likeness (QED) is 0.845. The normalized spacial score (nSPS) is 17.8. The largest absolute Gasteiger partial charge is 0.398 e. The molecule has 0 saturated carbocycles. The van der Waals surface area contributed by atoms with Crippen molar-refractivity contribution in [1.82, 2.24) is 9.80 Å². The molecule has 0 unspecified atom stereocenters. The number of amides is 3. The molecule has 2 aliphatic heterocycles. The molecule has 2 heterocycles. The standard InChI is InChI=1S/C20H30N4O2/c1-3-22(4-2)20(26)23-13-10-15(11-14-23)19(25)24-12-6-7-16-17(21)8-5-9-18(16)24/h5,8-9,15H,3-4,6-7,10-14,21H2,1-2H3. The first-order chi connectivity index (χ1) is 12.6. The predicted octanol–water partition coefficient (Wildman–Crippen LogP) is 2.72. The highest BCUT2D eigenvalue weighted by atomic mass is 16.2. The molecule has 0 aromatic heterocycles. The van der Waals surface area contributed by atoms with Crippen molar-refractivity contribution in [3.05, 3.63) is 23.8 Å². The first-order valence-electron chi connectivity index (χ1n) is 9.79. The lowest BCUT2D eigenvalue weighted by Gasteiger charge is -2.38. The Morgan fingerprint density at radius 3 is 2.50 bits per heavy atom. The second-order valence-electron chi connectivity index (χ2n) is 7.15. The van der Waals surface area contributed by atoms with Gasteiger partial charge in [0.15, 0.2) is 0 Å². The predicted molar refractivity (Wildman–Crippen MR) is 104 cm³/mol. The number of hydrogen-bond donors (Lipinski definition) is 1. The number of nitrogens with two attached hydrogens (primary N) is 1. The minimum Gasteiger partial charge on any atom is -0.398 e. The van der Waals surface area contributed by atoms with E-state index in [4.69, 9.17) is 5.73 Å². The van der Waals surface area contributed by atoms with Crippen molar-refractivity contribution in [2.24, 2.45) is 5.92 Å². The summed E-state index contributed by atoms with van der Waals surface area (Å²) in [6.45, 7) is 7.51. The Morgan fingerprint density at radius 2 is 1.85 bits per heavy atom. The van der Waals surface area contributed by atoms with E-state index in [1.165, 1.54) is 0 Å². The van der Waals surface area contributed by atoms with Crippen LogP contribution in [0.2, 0.25) is 0 Å². The molecule has 6 nitrogen and oxygen atoms in total. The third-order valence-electron chi connectivity index (χ3n) is 5.70. The number of likely N-dealkylation sites (tertiary alicyclic amines) is 1. The Morgan fingerprint density at radius 1 is 1.15 bits per heavy atom. The van der Waals surface area contributed by atoms with E-state index in [9.17, 15) is 9.59 Å². The van der Waals surface area contributed by atoms with Gasteiger partial charge in [-0.25, -0.2) is 4.79 Å². The number of carbonyl (C=O) groups excluding carboxylic acids is 2. The SMILES string of the molecule is CCN(CC)C(=O)N1CCC(C(=O)N2CCCc3c(N)cccc32)CC1. The number of urea groups is 1. The zero-order valence-electron chi connectivity index (χ0n) is 15.9. The lowest BCUT2D eigenvalue weighted by Crippen LogP contribution is -2.49. The third kappa shape index (κ3) is 3.50. The zero-order chi connectivity index (χ0) is 18.7. The fourth-order valence-electron chi connectivity index (χ4n) is 4.11. The summed E-state index contributed by atoms with van der Waals surface area (Å²) < 4.78 is 0. The van der Waals surface area contributed by atoms with Crippen molar-refractivity contribution in [3.8, 4) is 0 Å². The summed E-state index contributed by atoms with van der Waals surface area (Å²) in [5.74, 6) is 0.176. The third-order valence-corrected chi connectivity index (χ3v) is 5.70. The number of benzene rings is 1. The molecule has 0 bridgehead atoms. The first kappa shape index (κ1) is 18.5. The summed E-state index contributed by atoms with van der Waals surface area (Å²) in [6.07, 6.45) is 3.36. The molecule has 0 radical (unpaired) electrons. The maximum Gasteiger partial charge on any atom is 0.319 e. The second kappa shape index (κ2) is 7.98. The Balaban J connectivity index is 1.65. The van der Waals surface area contributed by atoms with Gasteiger partial charge in [0.05, 0.1) is 0 Å². The number of piperidine rings is 1. The van der Waals surface area contributed by atoms with Crippen LogP contribution in [0.1, 0.15) is 38.7 Å². The number of anilines is 2. The van der Waals surface area contributed by atoms with Gasteiger partial charge in [0, 0.05) is 50.0 Å². The lowest BCUT2D eigenvalue weighted by molar-refractivity contribution is -0.123. The number of nitrogens with zero attached hydrogens (tertiary/aromatic N) is 3. The molecular weight excluding hydrogens is 328 g/mol. The van der Waals surface area contributed by atoms with Crippen molar-refractivity contribution in [2.45, 2.75) is 39.5 Å². The van der Waals surface area contributed by atoms with Crippen LogP contribution in [-0.2, 0) is 11.2 Å². The average molecular weight is 358 g/mol. The Hall–Kier alpha value is -2.24. The fraction of sp³-hybridized carbons (Fsp3) is 0.600. The molecule has 142 valence electrons. The Bertz CT molecular complexity index is 664. The van der Waals surface area contributed by atoms with E-state index < -0.39 is 0 Å². The molecule has 1 aromatic carbocycles. The summed E-state index contributed by atoms with van der Waals surface area (Å²) in [4.78, 5) is 31.2. The van der Waals surface area contributed by atoms with Crippen LogP contribution >= 0.6 is 0 Å². The molecule has 6 heteroatoms. The van der Waals surface area contributed by atoms with Crippen molar-refractivity contribution < 1.29 is 9.59 Å². The van der Waals surface area contributed by atoms with Gasteiger partial charge < -0.3 is 20.4 Å². The average Bonchev–Trinajstić information content (AvgIpc) is 2.68. The van der Waals surface area contributed by atoms with Gasteiger partial charge in [-0.3, -0.25) is 4.79 Å². The van der Waals surface area contributed by atoms with Crippen molar-refractivity contribution >= 4 is 23.3 Å². The van der Waals surface area contributed by atoms with Crippen molar-refractivity contribution in [2.75, 3.05) is 43.4 Å².